The van der Waals surface area contributed by atoms with Gasteiger partial charge in [0.15, 0.2) is 0 Å². The number of fused-ring (bicyclic) bond motifs is 1. The molecule has 1 aromatic heterocycles. The summed E-state index contributed by atoms with van der Waals surface area (Å²) in [4.78, 5) is 6.65. The third-order valence-corrected chi connectivity index (χ3v) is 5.31. The molecule has 108 valence electrons. The van der Waals surface area contributed by atoms with Gasteiger partial charge in [-0.3, -0.25) is 9.80 Å². The predicted molar refractivity (Wildman–Crippen MR) is 82.7 cm³/mol. The molecule has 2 unspecified atom stereocenters. The van der Waals surface area contributed by atoms with Crippen molar-refractivity contribution in [3.63, 3.8) is 0 Å². The Balaban J connectivity index is 1.63. The van der Waals surface area contributed by atoms with Gasteiger partial charge in [-0.1, -0.05) is 11.8 Å². The molecule has 0 bridgehead atoms. The van der Waals surface area contributed by atoms with Crippen molar-refractivity contribution in [2.24, 2.45) is 0 Å². The van der Waals surface area contributed by atoms with Gasteiger partial charge in [0.2, 0.25) is 0 Å². The molecule has 3 heterocycles. The Morgan fingerprint density at radius 3 is 3.20 bits per heavy atom. The average Bonchev–Trinajstić information content (AvgIpc) is 3.06. The van der Waals surface area contributed by atoms with Crippen LogP contribution in [0.2, 0.25) is 0 Å². The third kappa shape index (κ3) is 3.07. The smallest absolute Gasteiger partial charge is 0.104 e. The van der Waals surface area contributed by atoms with Crippen LogP contribution < -0.4 is 0 Å². The minimum absolute atomic E-state index is 0.0636. The zero-order chi connectivity index (χ0) is 13.9. The van der Waals surface area contributed by atoms with Crippen molar-refractivity contribution in [2.45, 2.75) is 38.4 Å². The van der Waals surface area contributed by atoms with Crippen molar-refractivity contribution in [3.8, 4) is 11.8 Å². The molecule has 3 nitrogen and oxygen atoms in total. The quantitative estimate of drug-likeness (QED) is 0.841. The summed E-state index contributed by atoms with van der Waals surface area (Å²) < 4.78 is 0. The van der Waals surface area contributed by atoms with Crippen LogP contribution in [0.3, 0.4) is 0 Å². The molecule has 3 rings (SSSR count). The van der Waals surface area contributed by atoms with E-state index in [0.717, 1.165) is 18.2 Å². The van der Waals surface area contributed by atoms with E-state index in [1.54, 1.807) is 11.3 Å². The average molecular weight is 290 g/mol. The highest BCUT2D eigenvalue weighted by molar-refractivity contribution is 7.10. The van der Waals surface area contributed by atoms with Gasteiger partial charge in [0, 0.05) is 47.5 Å². The molecule has 2 saturated heterocycles. The van der Waals surface area contributed by atoms with Gasteiger partial charge in [0.1, 0.15) is 6.61 Å². The standard InChI is InChI=1S/C16H22N2OS/c1-13-9-17-6-2-5-15(17)10-18(13)11-16-8-14(12-20-16)4-3-7-19/h8,12-13,15,19H,2,5-7,9-11H2,1H3. The van der Waals surface area contributed by atoms with Crippen molar-refractivity contribution < 1.29 is 5.11 Å². The van der Waals surface area contributed by atoms with Gasteiger partial charge in [-0.05, 0) is 32.4 Å². The molecule has 0 aromatic carbocycles. The topological polar surface area (TPSA) is 26.7 Å². The van der Waals surface area contributed by atoms with Crippen molar-refractivity contribution in [2.75, 3.05) is 26.2 Å². The van der Waals surface area contributed by atoms with E-state index in [9.17, 15) is 0 Å². The van der Waals surface area contributed by atoms with Crippen molar-refractivity contribution in [1.29, 1.82) is 0 Å². The van der Waals surface area contributed by atoms with Crippen LogP contribution in [0.5, 0.6) is 0 Å². The normalized spacial score (nSPS) is 27.1. The summed E-state index contributed by atoms with van der Waals surface area (Å²) in [7, 11) is 0. The maximum absolute atomic E-state index is 8.73. The van der Waals surface area contributed by atoms with Gasteiger partial charge in [-0.15, -0.1) is 11.3 Å². The lowest BCUT2D eigenvalue weighted by molar-refractivity contribution is 0.0547. The van der Waals surface area contributed by atoms with E-state index in [-0.39, 0.29) is 6.61 Å². The second kappa shape index (κ2) is 6.28. The van der Waals surface area contributed by atoms with Gasteiger partial charge < -0.3 is 5.11 Å². The number of piperazine rings is 1. The Labute approximate surface area is 125 Å². The number of nitrogens with zero attached hydrogens (tertiary/aromatic N) is 2. The summed E-state index contributed by atoms with van der Waals surface area (Å²) in [5, 5.41) is 10.8. The van der Waals surface area contributed by atoms with Crippen molar-refractivity contribution in [3.05, 3.63) is 21.9 Å². The summed E-state index contributed by atoms with van der Waals surface area (Å²) in [6, 6.07) is 3.58. The first-order valence-electron chi connectivity index (χ1n) is 7.41. The summed E-state index contributed by atoms with van der Waals surface area (Å²) in [6.07, 6.45) is 2.73. The van der Waals surface area contributed by atoms with Gasteiger partial charge in [-0.2, -0.15) is 0 Å². The molecule has 2 fully saturated rings. The van der Waals surface area contributed by atoms with E-state index < -0.39 is 0 Å². The zero-order valence-corrected chi connectivity index (χ0v) is 12.8. The zero-order valence-electron chi connectivity index (χ0n) is 12.0. The minimum atomic E-state index is -0.0636. The number of hydrogen-bond donors (Lipinski definition) is 1. The number of thiophene rings is 1. The van der Waals surface area contributed by atoms with E-state index in [2.05, 4.69) is 40.0 Å². The van der Waals surface area contributed by atoms with Gasteiger partial charge in [0.25, 0.3) is 0 Å². The van der Waals surface area contributed by atoms with Crippen LogP contribution in [-0.2, 0) is 6.54 Å². The number of hydrogen-bond acceptors (Lipinski definition) is 4. The van der Waals surface area contributed by atoms with Crippen LogP contribution in [0.1, 0.15) is 30.2 Å². The first-order valence-corrected chi connectivity index (χ1v) is 8.29. The van der Waals surface area contributed by atoms with E-state index in [0.29, 0.717) is 6.04 Å². The van der Waals surface area contributed by atoms with Crippen LogP contribution in [0.15, 0.2) is 11.4 Å². The molecule has 1 aromatic rings. The Kier molecular flexibility index (Phi) is 4.42. The Bertz CT molecular complexity index is 516. The van der Waals surface area contributed by atoms with Gasteiger partial charge in [0.05, 0.1) is 0 Å². The molecule has 2 aliphatic heterocycles. The summed E-state index contributed by atoms with van der Waals surface area (Å²) >= 11 is 1.78. The van der Waals surface area contributed by atoms with Crippen LogP contribution in [-0.4, -0.2) is 53.2 Å². The maximum atomic E-state index is 8.73. The van der Waals surface area contributed by atoms with Crippen LogP contribution >= 0.6 is 11.3 Å². The fourth-order valence-electron chi connectivity index (χ4n) is 3.34. The van der Waals surface area contributed by atoms with Gasteiger partial charge in [-0.25, -0.2) is 0 Å². The van der Waals surface area contributed by atoms with Crippen LogP contribution in [0.4, 0.5) is 0 Å². The summed E-state index contributed by atoms with van der Waals surface area (Å²) in [5.74, 6) is 5.70. The second-order valence-electron chi connectivity index (χ2n) is 5.83. The number of aliphatic hydroxyl groups excluding tert-OH is 1. The van der Waals surface area contributed by atoms with E-state index >= 15 is 0 Å². The molecular formula is C16H22N2OS. The molecular weight excluding hydrogens is 268 g/mol. The fraction of sp³-hybridized carbons (Fsp3) is 0.625. The first-order chi connectivity index (χ1) is 9.76. The first kappa shape index (κ1) is 14.1. The Hall–Kier alpha value is -0.860. The van der Waals surface area contributed by atoms with E-state index in [4.69, 9.17) is 5.11 Å². The third-order valence-electron chi connectivity index (χ3n) is 4.39. The largest absolute Gasteiger partial charge is 0.384 e. The summed E-state index contributed by atoms with van der Waals surface area (Å²) in [6.45, 7) is 7.03. The monoisotopic (exact) mass is 290 g/mol. The lowest BCUT2D eigenvalue weighted by atomic mass is 10.1. The highest BCUT2D eigenvalue weighted by atomic mass is 32.1. The molecule has 0 aliphatic carbocycles. The molecule has 1 N–H and O–H groups in total. The SMILES string of the molecule is CC1CN2CCCC2CN1Cc1cc(C#CCO)cs1. The number of rotatable bonds is 2. The maximum Gasteiger partial charge on any atom is 0.104 e. The lowest BCUT2D eigenvalue weighted by Gasteiger charge is -2.42. The minimum Gasteiger partial charge on any atom is -0.384 e. The predicted octanol–water partition coefficient (Wildman–Crippen LogP) is 1.76. The van der Waals surface area contributed by atoms with E-state index in [1.807, 2.05) is 0 Å². The van der Waals surface area contributed by atoms with Crippen molar-refractivity contribution in [1.82, 2.24) is 9.80 Å². The van der Waals surface area contributed by atoms with Crippen LogP contribution in [0.25, 0.3) is 0 Å². The Morgan fingerprint density at radius 2 is 2.35 bits per heavy atom. The molecule has 2 aliphatic rings. The lowest BCUT2D eigenvalue weighted by Crippen LogP contribution is -2.54. The van der Waals surface area contributed by atoms with E-state index in [1.165, 1.54) is 37.4 Å². The van der Waals surface area contributed by atoms with Crippen molar-refractivity contribution >= 4 is 11.3 Å². The molecule has 0 saturated carbocycles. The number of aliphatic hydroxyl groups is 1. The highest BCUT2D eigenvalue weighted by Gasteiger charge is 2.34. The second-order valence-corrected chi connectivity index (χ2v) is 6.83. The Morgan fingerprint density at radius 1 is 1.45 bits per heavy atom. The van der Waals surface area contributed by atoms with Gasteiger partial charge >= 0.3 is 0 Å². The molecule has 20 heavy (non-hydrogen) atoms. The molecule has 4 heteroatoms. The highest BCUT2D eigenvalue weighted by Crippen LogP contribution is 2.26. The molecule has 0 radical (unpaired) electrons. The van der Waals surface area contributed by atoms with Crippen LogP contribution in [0, 0.1) is 11.8 Å². The molecule has 2 atom stereocenters. The fourth-order valence-corrected chi connectivity index (χ4v) is 4.18. The molecule has 0 spiro atoms. The molecule has 0 amide bonds. The summed E-state index contributed by atoms with van der Waals surface area (Å²) in [5.41, 5.74) is 1.03.